The fraction of sp³-hybridized carbons (Fsp3) is 0.618. The number of benzene rings is 1. The summed E-state index contributed by atoms with van der Waals surface area (Å²) in [4.78, 5) is 25.5. The third kappa shape index (κ3) is 10.4. The van der Waals surface area contributed by atoms with Gasteiger partial charge in [0.25, 0.3) is 5.79 Å². The molecule has 2 rings (SSSR count). The Hall–Kier alpha value is -2.30. The molecule has 1 aliphatic rings. The van der Waals surface area contributed by atoms with Crippen molar-refractivity contribution < 1.29 is 32.7 Å². The molecule has 9 heteroatoms. The van der Waals surface area contributed by atoms with E-state index in [9.17, 15) is 19.1 Å². The Kier molecular flexibility index (Phi) is 12.6. The number of Topliss-reactive ketones (excluding diaryl/α,β-unsaturated/α-hetero) is 1. The van der Waals surface area contributed by atoms with Crippen molar-refractivity contribution in [1.82, 2.24) is 0 Å². The van der Waals surface area contributed by atoms with Gasteiger partial charge in [-0.1, -0.05) is 53.7 Å². The molecule has 1 aromatic rings. The van der Waals surface area contributed by atoms with Crippen molar-refractivity contribution in [3.63, 3.8) is 0 Å². The highest BCUT2D eigenvalue weighted by Gasteiger charge is 2.54. The predicted molar refractivity (Wildman–Crippen MR) is 176 cm³/mol. The Bertz CT molecular complexity index is 1160. The second kappa shape index (κ2) is 14.7. The first-order chi connectivity index (χ1) is 19.7. The maximum absolute atomic E-state index is 13.0. The summed E-state index contributed by atoms with van der Waals surface area (Å²) in [7, 11) is -5.06. The molecule has 1 aliphatic carbocycles. The molecule has 0 radical (unpaired) electrons. The minimum atomic E-state index is -2.53. The SMILES string of the molecule is CC(C)(C)[Si](C)(C)OC(CC=C=CC[C@H]1C(=O)CC[C@@H]1/C=C/CCOc1ccc(F)cc1)(O[Si](C)(C)C(C)(C)C)C(=O)O. The number of hydrogen-bond acceptors (Lipinski definition) is 5. The van der Waals surface area contributed by atoms with E-state index < -0.39 is 28.4 Å². The van der Waals surface area contributed by atoms with Crippen LogP contribution in [-0.4, -0.2) is 45.9 Å². The van der Waals surface area contributed by atoms with E-state index in [4.69, 9.17) is 13.6 Å². The van der Waals surface area contributed by atoms with Crippen molar-refractivity contribution in [1.29, 1.82) is 0 Å². The van der Waals surface area contributed by atoms with Gasteiger partial charge >= 0.3 is 5.97 Å². The van der Waals surface area contributed by atoms with Gasteiger partial charge in [0.15, 0.2) is 16.6 Å². The number of ketones is 1. The van der Waals surface area contributed by atoms with Crippen LogP contribution in [0.5, 0.6) is 5.75 Å². The highest BCUT2D eigenvalue weighted by Crippen LogP contribution is 2.45. The van der Waals surface area contributed by atoms with Crippen LogP contribution in [0.15, 0.2) is 54.3 Å². The number of allylic oxidation sites excluding steroid dienone is 1. The number of ether oxygens (including phenoxy) is 1. The van der Waals surface area contributed by atoms with E-state index in [1.165, 1.54) is 12.1 Å². The van der Waals surface area contributed by atoms with Crippen molar-refractivity contribution in [2.24, 2.45) is 11.8 Å². The third-order valence-electron chi connectivity index (χ3n) is 9.16. The molecule has 0 aromatic heterocycles. The first-order valence-corrected chi connectivity index (χ1v) is 21.1. The van der Waals surface area contributed by atoms with Gasteiger partial charge in [0.1, 0.15) is 17.3 Å². The summed E-state index contributed by atoms with van der Waals surface area (Å²) in [5.74, 6) is -2.37. The molecule has 1 aromatic carbocycles. The highest BCUT2D eigenvalue weighted by molar-refractivity contribution is 6.75. The van der Waals surface area contributed by atoms with Gasteiger partial charge in [-0.2, -0.15) is 0 Å². The minimum absolute atomic E-state index is 0.0217. The van der Waals surface area contributed by atoms with Crippen LogP contribution in [0, 0.1) is 17.7 Å². The van der Waals surface area contributed by atoms with Crippen LogP contribution in [0.2, 0.25) is 36.3 Å². The van der Waals surface area contributed by atoms with Gasteiger partial charge in [-0.3, -0.25) is 4.79 Å². The summed E-state index contributed by atoms with van der Waals surface area (Å²) in [6, 6.07) is 5.94. The van der Waals surface area contributed by atoms with Gasteiger partial charge in [-0.15, -0.1) is 5.73 Å². The molecule has 43 heavy (non-hydrogen) atoms. The van der Waals surface area contributed by atoms with Gasteiger partial charge in [0.05, 0.1) is 6.61 Å². The molecular weight excluding hydrogens is 580 g/mol. The lowest BCUT2D eigenvalue weighted by Crippen LogP contribution is -2.60. The fourth-order valence-electron chi connectivity index (χ4n) is 4.40. The molecule has 2 atom stereocenters. The summed E-state index contributed by atoms with van der Waals surface area (Å²) >= 11 is 0. The number of hydrogen-bond donors (Lipinski definition) is 1. The van der Waals surface area contributed by atoms with Crippen molar-refractivity contribution in [2.75, 3.05) is 6.61 Å². The third-order valence-corrected chi connectivity index (χ3v) is 18.1. The summed E-state index contributed by atoms with van der Waals surface area (Å²) < 4.78 is 31.8. The minimum Gasteiger partial charge on any atom is -0.493 e. The lowest BCUT2D eigenvalue weighted by atomic mass is 9.91. The second-order valence-electron chi connectivity index (χ2n) is 14.6. The Morgan fingerprint density at radius 2 is 1.56 bits per heavy atom. The van der Waals surface area contributed by atoms with Crippen molar-refractivity contribution in [3.05, 3.63) is 60.1 Å². The lowest BCUT2D eigenvalue weighted by molar-refractivity contribution is -0.191. The molecule has 0 spiro atoms. The second-order valence-corrected chi connectivity index (χ2v) is 24.0. The van der Waals surface area contributed by atoms with Gasteiger partial charge in [0, 0.05) is 18.8 Å². The van der Waals surface area contributed by atoms with Crippen LogP contribution >= 0.6 is 0 Å². The van der Waals surface area contributed by atoms with Crippen LogP contribution in [0.1, 0.15) is 73.6 Å². The first kappa shape index (κ1) is 36.9. The monoisotopic (exact) mass is 632 g/mol. The summed E-state index contributed by atoms with van der Waals surface area (Å²) in [5.41, 5.74) is 3.15. The standard InChI is InChI=1S/C34H53FO6Si2/c1-32(2,3)42(7,8)40-34(31(37)38,41-43(9,10)33(4,5)6)24-14-11-12-17-29-26(18-23-30(29)36)16-13-15-25-39-28-21-19-27(35)20-22-28/h12-14,16,19-22,26,29H,15,17-18,23-25H2,1-10H3,(H,37,38)/b16-13+/t11?,26-,29+/m0/s1. The summed E-state index contributed by atoms with van der Waals surface area (Å²) in [6.45, 7) is 21.1. The maximum atomic E-state index is 13.0. The molecule has 0 heterocycles. The van der Waals surface area contributed by atoms with Crippen LogP contribution in [0.3, 0.4) is 0 Å². The quantitative estimate of drug-likeness (QED) is 0.0724. The molecule has 0 unspecified atom stereocenters. The van der Waals surface area contributed by atoms with Crippen LogP contribution in [0.25, 0.3) is 0 Å². The number of carboxylic acids is 1. The molecule has 6 nitrogen and oxygen atoms in total. The Balaban J connectivity index is 2.13. The summed E-state index contributed by atoms with van der Waals surface area (Å²) in [5, 5.41) is 10.1. The number of halogens is 1. The average molecular weight is 633 g/mol. The van der Waals surface area contributed by atoms with E-state index in [1.54, 1.807) is 18.2 Å². The largest absolute Gasteiger partial charge is 0.493 e. The van der Waals surface area contributed by atoms with Gasteiger partial charge < -0.3 is 18.7 Å². The number of carbonyl (C=O) groups is 2. The number of carboxylic acid groups (broad SMARTS) is 1. The lowest BCUT2D eigenvalue weighted by Gasteiger charge is -2.48. The molecule has 0 bridgehead atoms. The van der Waals surface area contributed by atoms with E-state index >= 15 is 0 Å². The van der Waals surface area contributed by atoms with Crippen LogP contribution < -0.4 is 4.74 Å². The zero-order chi connectivity index (χ0) is 32.7. The first-order valence-electron chi connectivity index (χ1n) is 15.3. The van der Waals surface area contributed by atoms with Crippen molar-refractivity contribution >= 4 is 28.4 Å². The summed E-state index contributed by atoms with van der Waals surface area (Å²) in [6.07, 6.45) is 10.2. The molecule has 240 valence electrons. The topological polar surface area (TPSA) is 82.1 Å². The van der Waals surface area contributed by atoms with E-state index in [1.807, 2.05) is 38.3 Å². The Morgan fingerprint density at radius 3 is 2.07 bits per heavy atom. The van der Waals surface area contributed by atoms with E-state index in [-0.39, 0.29) is 39.9 Å². The van der Waals surface area contributed by atoms with Gasteiger partial charge in [-0.05, 0) is 97.9 Å². The average Bonchev–Trinajstić information content (AvgIpc) is 3.21. The molecule has 0 saturated heterocycles. The van der Waals surface area contributed by atoms with E-state index in [2.05, 4.69) is 53.3 Å². The van der Waals surface area contributed by atoms with Crippen LogP contribution in [-0.2, 0) is 18.4 Å². The Labute approximate surface area is 260 Å². The molecule has 1 N–H and O–H groups in total. The molecule has 1 saturated carbocycles. The van der Waals surface area contributed by atoms with E-state index in [0.29, 0.717) is 31.6 Å². The van der Waals surface area contributed by atoms with Crippen molar-refractivity contribution in [2.45, 2.75) is 116 Å². The molecule has 0 aliphatic heterocycles. The van der Waals surface area contributed by atoms with Crippen molar-refractivity contribution in [3.8, 4) is 5.75 Å². The highest BCUT2D eigenvalue weighted by atomic mass is 28.4. The molecule has 0 amide bonds. The number of aliphatic carboxylic acids is 1. The smallest absolute Gasteiger partial charge is 0.362 e. The van der Waals surface area contributed by atoms with Gasteiger partial charge in [0.2, 0.25) is 0 Å². The normalized spacial score (nSPS) is 18.5. The number of carbonyl (C=O) groups excluding carboxylic acids is 1. The van der Waals surface area contributed by atoms with Gasteiger partial charge in [-0.25, -0.2) is 9.18 Å². The molecule has 1 fully saturated rings. The fourth-order valence-corrected chi connectivity index (χ4v) is 7.17. The Morgan fingerprint density at radius 1 is 1.00 bits per heavy atom. The number of rotatable bonds is 14. The zero-order valence-corrected chi connectivity index (χ0v) is 29.9. The van der Waals surface area contributed by atoms with E-state index in [0.717, 1.165) is 6.42 Å². The molecular formula is C34H53FO6Si2. The zero-order valence-electron chi connectivity index (χ0n) is 27.9. The van der Waals surface area contributed by atoms with Crippen LogP contribution in [0.4, 0.5) is 4.39 Å². The predicted octanol–water partition coefficient (Wildman–Crippen LogP) is 9.06. The maximum Gasteiger partial charge on any atom is 0.362 e.